The van der Waals surface area contributed by atoms with Gasteiger partial charge in [0.1, 0.15) is 30.1 Å². The highest BCUT2D eigenvalue weighted by atomic mass is 16.5. The number of ether oxygens (including phenoxy) is 1. The molecule has 10 heteroatoms. The van der Waals surface area contributed by atoms with Crippen molar-refractivity contribution in [3.63, 3.8) is 0 Å². The minimum absolute atomic E-state index is 0.187. The van der Waals surface area contributed by atoms with Gasteiger partial charge in [-0.15, -0.1) is 10.2 Å². The maximum absolute atomic E-state index is 13.5. The van der Waals surface area contributed by atoms with E-state index in [0.717, 1.165) is 28.3 Å². The molecular weight excluding hydrogens is 422 g/mol. The maximum atomic E-state index is 13.5. The van der Waals surface area contributed by atoms with Crippen molar-refractivity contribution in [3.05, 3.63) is 64.4 Å². The van der Waals surface area contributed by atoms with Gasteiger partial charge in [-0.25, -0.2) is 0 Å². The highest BCUT2D eigenvalue weighted by Gasteiger charge is 2.32. The Morgan fingerprint density at radius 3 is 2.85 bits per heavy atom. The molecule has 4 heterocycles. The average Bonchev–Trinajstić information content (AvgIpc) is 3.48. The van der Waals surface area contributed by atoms with Crippen molar-refractivity contribution in [1.82, 2.24) is 34.6 Å². The number of fused-ring (bicyclic) bond motifs is 1. The third-order valence-corrected chi connectivity index (χ3v) is 6.01. The van der Waals surface area contributed by atoms with Crippen molar-refractivity contribution in [1.29, 1.82) is 0 Å². The van der Waals surface area contributed by atoms with Gasteiger partial charge in [-0.1, -0.05) is 17.3 Å². The van der Waals surface area contributed by atoms with E-state index in [0.29, 0.717) is 36.7 Å². The van der Waals surface area contributed by atoms with Gasteiger partial charge in [0.2, 0.25) is 0 Å². The van der Waals surface area contributed by atoms with Crippen LogP contribution in [0.15, 0.2) is 35.1 Å². The van der Waals surface area contributed by atoms with Crippen molar-refractivity contribution in [2.75, 3.05) is 6.54 Å². The van der Waals surface area contributed by atoms with Crippen LogP contribution in [0.25, 0.3) is 11.5 Å². The van der Waals surface area contributed by atoms with Crippen LogP contribution in [-0.2, 0) is 33.7 Å². The molecule has 0 atom stereocenters. The standard InChI is InChI=1S/C23H25N7O3/c1-14-6-5-7-16(10-14)32-12-18-15(2)33-27-21(18)23(31)30-9-8-19-17(11-30)20(26-29(19)4)22-25-24-13-28(22)3/h5-7,10,13H,8-9,11-12H2,1-4H3. The molecule has 170 valence electrons. The third-order valence-electron chi connectivity index (χ3n) is 6.01. The molecule has 0 fully saturated rings. The van der Waals surface area contributed by atoms with Crippen LogP contribution in [-0.4, -0.2) is 47.1 Å². The molecular formula is C23H25N7O3. The Labute approximate surface area is 190 Å². The average molecular weight is 447 g/mol. The van der Waals surface area contributed by atoms with Crippen molar-refractivity contribution < 1.29 is 14.1 Å². The lowest BCUT2D eigenvalue weighted by molar-refractivity contribution is 0.0720. The summed E-state index contributed by atoms with van der Waals surface area (Å²) in [5, 5.41) is 16.9. The lowest BCUT2D eigenvalue weighted by Crippen LogP contribution is -2.37. The molecule has 1 aromatic carbocycles. The summed E-state index contributed by atoms with van der Waals surface area (Å²) in [4.78, 5) is 15.2. The van der Waals surface area contributed by atoms with Gasteiger partial charge in [-0.05, 0) is 31.5 Å². The van der Waals surface area contributed by atoms with Crippen LogP contribution in [0.1, 0.15) is 38.6 Å². The number of aryl methyl sites for hydroxylation is 4. The second-order valence-corrected chi connectivity index (χ2v) is 8.31. The number of carbonyl (C=O) groups is 1. The highest BCUT2D eigenvalue weighted by Crippen LogP contribution is 2.29. The molecule has 0 unspecified atom stereocenters. The summed E-state index contributed by atoms with van der Waals surface area (Å²) in [6.07, 6.45) is 2.33. The molecule has 0 saturated heterocycles. The Balaban J connectivity index is 1.39. The number of benzene rings is 1. The highest BCUT2D eigenvalue weighted by molar-refractivity contribution is 5.94. The van der Waals surface area contributed by atoms with E-state index in [1.807, 2.05) is 54.5 Å². The smallest absolute Gasteiger partial charge is 0.276 e. The van der Waals surface area contributed by atoms with Crippen LogP contribution < -0.4 is 4.74 Å². The molecule has 33 heavy (non-hydrogen) atoms. The fourth-order valence-corrected chi connectivity index (χ4v) is 4.18. The number of carbonyl (C=O) groups excluding carboxylic acids is 1. The molecule has 3 aromatic heterocycles. The van der Waals surface area contributed by atoms with Gasteiger partial charge in [0.25, 0.3) is 5.91 Å². The second kappa shape index (κ2) is 8.19. The molecule has 5 rings (SSSR count). The number of rotatable bonds is 5. The Bertz CT molecular complexity index is 1330. The van der Waals surface area contributed by atoms with Gasteiger partial charge >= 0.3 is 0 Å². The van der Waals surface area contributed by atoms with E-state index in [9.17, 15) is 4.79 Å². The van der Waals surface area contributed by atoms with Gasteiger partial charge in [-0.3, -0.25) is 9.48 Å². The van der Waals surface area contributed by atoms with Crippen molar-refractivity contribution in [3.8, 4) is 17.3 Å². The van der Waals surface area contributed by atoms with Gasteiger partial charge < -0.3 is 18.7 Å². The molecule has 10 nitrogen and oxygen atoms in total. The fourth-order valence-electron chi connectivity index (χ4n) is 4.18. The van der Waals surface area contributed by atoms with Crippen LogP contribution >= 0.6 is 0 Å². The quantitative estimate of drug-likeness (QED) is 0.463. The van der Waals surface area contributed by atoms with Crippen LogP contribution in [0.3, 0.4) is 0 Å². The Hall–Kier alpha value is -3.95. The maximum Gasteiger partial charge on any atom is 0.276 e. The summed E-state index contributed by atoms with van der Waals surface area (Å²) in [6, 6.07) is 7.78. The van der Waals surface area contributed by atoms with Crippen molar-refractivity contribution >= 4 is 5.91 Å². The SMILES string of the molecule is Cc1cccc(OCc2c(C(=O)N3CCc4c(c(-c5nncn5C)nn4C)C3)noc2C)c1. The van der Waals surface area contributed by atoms with E-state index < -0.39 is 0 Å². The first kappa shape index (κ1) is 20.9. The summed E-state index contributed by atoms with van der Waals surface area (Å²) < 4.78 is 15.0. The monoisotopic (exact) mass is 447 g/mol. The first-order chi connectivity index (χ1) is 15.9. The number of amides is 1. The molecule has 0 spiro atoms. The molecule has 4 aromatic rings. The number of aromatic nitrogens is 6. The Morgan fingerprint density at radius 2 is 2.09 bits per heavy atom. The molecule has 0 aliphatic carbocycles. The zero-order valence-corrected chi connectivity index (χ0v) is 19.1. The Kier molecular flexibility index (Phi) is 5.20. The first-order valence-corrected chi connectivity index (χ1v) is 10.8. The lowest BCUT2D eigenvalue weighted by atomic mass is 10.0. The third kappa shape index (κ3) is 3.77. The number of nitrogens with zero attached hydrogens (tertiary/aromatic N) is 7. The summed E-state index contributed by atoms with van der Waals surface area (Å²) in [6.45, 7) is 4.98. The summed E-state index contributed by atoms with van der Waals surface area (Å²) >= 11 is 0. The van der Waals surface area contributed by atoms with E-state index >= 15 is 0 Å². The minimum Gasteiger partial charge on any atom is -0.489 e. The lowest BCUT2D eigenvalue weighted by Gasteiger charge is -2.27. The molecule has 0 N–H and O–H groups in total. The van der Waals surface area contributed by atoms with Crippen molar-refractivity contribution in [2.24, 2.45) is 14.1 Å². The van der Waals surface area contributed by atoms with E-state index in [2.05, 4.69) is 20.5 Å². The zero-order chi connectivity index (χ0) is 23.1. The normalized spacial score (nSPS) is 13.3. The molecule has 1 aliphatic heterocycles. The molecule has 1 amide bonds. The Morgan fingerprint density at radius 1 is 1.24 bits per heavy atom. The van der Waals surface area contributed by atoms with Gasteiger partial charge in [0.15, 0.2) is 11.5 Å². The summed E-state index contributed by atoms with van der Waals surface area (Å²) in [5.41, 5.74) is 4.86. The van der Waals surface area contributed by atoms with E-state index in [1.165, 1.54) is 0 Å². The predicted octanol–water partition coefficient (Wildman–Crippen LogP) is 2.60. The second-order valence-electron chi connectivity index (χ2n) is 8.31. The molecule has 0 saturated carbocycles. The van der Waals surface area contributed by atoms with Gasteiger partial charge in [0, 0.05) is 38.3 Å². The van der Waals surface area contributed by atoms with E-state index in [-0.39, 0.29) is 18.2 Å². The summed E-state index contributed by atoms with van der Waals surface area (Å²) in [7, 11) is 3.79. The summed E-state index contributed by atoms with van der Waals surface area (Å²) in [5.74, 6) is 1.80. The van der Waals surface area contributed by atoms with Crippen LogP contribution in [0, 0.1) is 13.8 Å². The van der Waals surface area contributed by atoms with E-state index in [4.69, 9.17) is 9.26 Å². The molecule has 0 bridgehead atoms. The zero-order valence-electron chi connectivity index (χ0n) is 19.1. The van der Waals surface area contributed by atoms with Crippen LogP contribution in [0.5, 0.6) is 5.75 Å². The van der Waals surface area contributed by atoms with E-state index in [1.54, 1.807) is 18.2 Å². The van der Waals surface area contributed by atoms with Crippen molar-refractivity contribution in [2.45, 2.75) is 33.4 Å². The predicted molar refractivity (Wildman–Crippen MR) is 118 cm³/mol. The van der Waals surface area contributed by atoms with Crippen LogP contribution in [0.2, 0.25) is 0 Å². The minimum atomic E-state index is -0.187. The molecule has 1 aliphatic rings. The largest absolute Gasteiger partial charge is 0.489 e. The first-order valence-electron chi connectivity index (χ1n) is 10.8. The van der Waals surface area contributed by atoms with Gasteiger partial charge in [-0.2, -0.15) is 5.10 Å². The van der Waals surface area contributed by atoms with Crippen LogP contribution in [0.4, 0.5) is 0 Å². The fraction of sp³-hybridized carbons (Fsp3) is 0.348. The topological polar surface area (TPSA) is 104 Å². The molecule has 0 radical (unpaired) electrons. The number of hydrogen-bond donors (Lipinski definition) is 0. The van der Waals surface area contributed by atoms with Gasteiger partial charge in [0.05, 0.1) is 12.1 Å². The number of hydrogen-bond acceptors (Lipinski definition) is 7.